The van der Waals surface area contributed by atoms with Gasteiger partial charge in [0.25, 0.3) is 11.1 Å². The molecule has 1 aliphatic rings. The van der Waals surface area contributed by atoms with E-state index in [1.807, 2.05) is 30.3 Å². The number of benzene rings is 1. The first-order valence-corrected chi connectivity index (χ1v) is 8.64. The second-order valence-corrected chi connectivity index (χ2v) is 6.48. The molecule has 1 radical (unpaired) electrons. The number of rotatable bonds is 6. The lowest BCUT2D eigenvalue weighted by Gasteiger charge is -2.09. The molecule has 1 aromatic carbocycles. The SMILES string of the molecule is O=C(C1=C[CH]1)c1ccc(=O)n(Cc2ccc(Cn3ccccc3=O)cc2)c1. The molecule has 0 saturated carbocycles. The summed E-state index contributed by atoms with van der Waals surface area (Å²) in [5.74, 6) is -0.0626. The van der Waals surface area contributed by atoms with Crippen molar-refractivity contribution in [3.8, 4) is 0 Å². The Labute approximate surface area is 155 Å². The van der Waals surface area contributed by atoms with Crippen LogP contribution in [0.25, 0.3) is 0 Å². The highest BCUT2D eigenvalue weighted by atomic mass is 16.1. The summed E-state index contributed by atoms with van der Waals surface area (Å²) in [5.41, 5.74) is 2.94. The average molecular weight is 357 g/mol. The summed E-state index contributed by atoms with van der Waals surface area (Å²) in [5, 5.41) is 0. The van der Waals surface area contributed by atoms with E-state index in [4.69, 9.17) is 0 Å². The van der Waals surface area contributed by atoms with Crippen LogP contribution in [0.1, 0.15) is 21.5 Å². The third-order valence-corrected chi connectivity index (χ3v) is 4.47. The molecule has 133 valence electrons. The first kappa shape index (κ1) is 17.0. The first-order valence-electron chi connectivity index (χ1n) is 8.64. The smallest absolute Gasteiger partial charge is 0.250 e. The number of carbonyl (C=O) groups is 1. The maximum Gasteiger partial charge on any atom is 0.250 e. The van der Waals surface area contributed by atoms with Gasteiger partial charge in [0, 0.05) is 42.1 Å². The predicted molar refractivity (Wildman–Crippen MR) is 103 cm³/mol. The van der Waals surface area contributed by atoms with Gasteiger partial charge in [0.2, 0.25) is 0 Å². The van der Waals surface area contributed by atoms with Crippen LogP contribution in [0.5, 0.6) is 0 Å². The van der Waals surface area contributed by atoms with Crippen LogP contribution >= 0.6 is 0 Å². The van der Waals surface area contributed by atoms with Gasteiger partial charge in [-0.25, -0.2) is 0 Å². The molecule has 5 heteroatoms. The zero-order chi connectivity index (χ0) is 18.8. The molecule has 0 N–H and O–H groups in total. The lowest BCUT2D eigenvalue weighted by atomic mass is 10.1. The topological polar surface area (TPSA) is 61.1 Å². The van der Waals surface area contributed by atoms with Crippen LogP contribution in [0.3, 0.4) is 0 Å². The van der Waals surface area contributed by atoms with Gasteiger partial charge < -0.3 is 9.13 Å². The van der Waals surface area contributed by atoms with Gasteiger partial charge in [0.1, 0.15) is 0 Å². The van der Waals surface area contributed by atoms with Crippen molar-refractivity contribution in [1.29, 1.82) is 0 Å². The van der Waals surface area contributed by atoms with Crippen LogP contribution in [0.2, 0.25) is 0 Å². The van der Waals surface area contributed by atoms with Gasteiger partial charge in [-0.15, -0.1) is 0 Å². The van der Waals surface area contributed by atoms with Gasteiger partial charge >= 0.3 is 0 Å². The Balaban J connectivity index is 1.52. The number of hydrogen-bond donors (Lipinski definition) is 0. The minimum absolute atomic E-state index is 0.0439. The van der Waals surface area contributed by atoms with Crippen molar-refractivity contribution >= 4 is 5.78 Å². The molecule has 4 rings (SSSR count). The van der Waals surface area contributed by atoms with Crippen molar-refractivity contribution < 1.29 is 4.79 Å². The van der Waals surface area contributed by atoms with E-state index < -0.39 is 0 Å². The fourth-order valence-corrected chi connectivity index (χ4v) is 2.88. The highest BCUT2D eigenvalue weighted by molar-refractivity contribution is 6.13. The second kappa shape index (κ2) is 7.03. The molecule has 0 aliphatic heterocycles. The molecule has 3 aromatic rings. The molecular formula is C22H17N2O3. The van der Waals surface area contributed by atoms with Gasteiger partial charge in [0.15, 0.2) is 5.78 Å². The fourth-order valence-electron chi connectivity index (χ4n) is 2.88. The Bertz CT molecular complexity index is 1150. The van der Waals surface area contributed by atoms with E-state index in [1.165, 1.54) is 16.7 Å². The summed E-state index contributed by atoms with van der Waals surface area (Å²) in [6, 6.07) is 15.8. The number of carbonyl (C=O) groups excluding carboxylic acids is 1. The molecule has 2 aromatic heterocycles. The van der Waals surface area contributed by atoms with Crippen molar-refractivity contribution in [2.75, 3.05) is 0 Å². The predicted octanol–water partition coefficient (Wildman–Crippen LogP) is 2.43. The molecule has 5 nitrogen and oxygen atoms in total. The highest BCUT2D eigenvalue weighted by Crippen LogP contribution is 2.21. The number of hydrogen-bond acceptors (Lipinski definition) is 3. The lowest BCUT2D eigenvalue weighted by Crippen LogP contribution is -2.21. The number of ketones is 1. The van der Waals surface area contributed by atoms with Crippen molar-refractivity contribution in [3.05, 3.63) is 122 Å². The molecule has 0 amide bonds. The number of pyridine rings is 2. The van der Waals surface area contributed by atoms with Crippen LogP contribution in [0.4, 0.5) is 0 Å². The Kier molecular flexibility index (Phi) is 4.42. The summed E-state index contributed by atoms with van der Waals surface area (Å²) in [7, 11) is 0. The van der Waals surface area contributed by atoms with E-state index in [2.05, 4.69) is 0 Å². The highest BCUT2D eigenvalue weighted by Gasteiger charge is 2.19. The summed E-state index contributed by atoms with van der Waals surface area (Å²) in [6.45, 7) is 0.879. The van der Waals surface area contributed by atoms with Crippen LogP contribution in [0.15, 0.2) is 88.2 Å². The molecular weight excluding hydrogens is 340 g/mol. The van der Waals surface area contributed by atoms with Crippen molar-refractivity contribution in [2.45, 2.75) is 13.1 Å². The normalized spacial score (nSPS) is 12.5. The summed E-state index contributed by atoms with van der Waals surface area (Å²) in [6.07, 6.45) is 6.88. The molecule has 0 fully saturated rings. The standard InChI is InChI=1S/C22H17N2O3/c25-20-3-1-2-12-23(20)13-16-4-6-17(7-5-16)14-24-15-19(10-11-21(24)26)22(27)18-8-9-18/h1-12,15H,13-14H2. The van der Waals surface area contributed by atoms with E-state index in [9.17, 15) is 14.4 Å². The Morgan fingerprint density at radius 3 is 2.04 bits per heavy atom. The van der Waals surface area contributed by atoms with Gasteiger partial charge in [0.05, 0.1) is 13.1 Å². The van der Waals surface area contributed by atoms with E-state index in [1.54, 1.807) is 41.6 Å². The molecule has 0 unspecified atom stereocenters. The third kappa shape index (κ3) is 3.87. The Morgan fingerprint density at radius 2 is 1.41 bits per heavy atom. The summed E-state index contributed by atoms with van der Waals surface area (Å²) >= 11 is 0. The van der Waals surface area contributed by atoms with E-state index >= 15 is 0 Å². The number of Topliss-reactive ketones (excluding diaryl/α,β-unsaturated/α-hetero) is 1. The summed E-state index contributed by atoms with van der Waals surface area (Å²) in [4.78, 5) is 36.0. The first-order chi connectivity index (χ1) is 13.1. The quantitative estimate of drug-likeness (QED) is 0.637. The maximum atomic E-state index is 12.1. The maximum absolute atomic E-state index is 12.1. The zero-order valence-electron chi connectivity index (χ0n) is 14.5. The van der Waals surface area contributed by atoms with E-state index in [0.717, 1.165) is 11.1 Å². The zero-order valence-corrected chi connectivity index (χ0v) is 14.5. The Morgan fingerprint density at radius 1 is 0.778 bits per heavy atom. The Hall–Kier alpha value is -3.47. The number of allylic oxidation sites excluding steroid dienone is 2. The van der Waals surface area contributed by atoms with Crippen molar-refractivity contribution in [3.63, 3.8) is 0 Å². The van der Waals surface area contributed by atoms with Crippen LogP contribution in [-0.4, -0.2) is 14.9 Å². The number of aromatic nitrogens is 2. The molecule has 0 spiro atoms. The van der Waals surface area contributed by atoms with E-state index in [0.29, 0.717) is 24.2 Å². The lowest BCUT2D eigenvalue weighted by molar-refractivity contribution is 0.104. The average Bonchev–Trinajstić information content (AvgIpc) is 3.51. The molecule has 27 heavy (non-hydrogen) atoms. The molecule has 1 aliphatic carbocycles. The molecule has 2 heterocycles. The fraction of sp³-hybridized carbons (Fsp3) is 0.0909. The molecule has 0 atom stereocenters. The third-order valence-electron chi connectivity index (χ3n) is 4.47. The van der Waals surface area contributed by atoms with Gasteiger partial charge in [-0.1, -0.05) is 36.4 Å². The number of nitrogens with zero attached hydrogens (tertiary/aromatic N) is 2. The van der Waals surface area contributed by atoms with Gasteiger partial charge in [-0.05, 0) is 23.3 Å². The minimum atomic E-state index is -0.153. The monoisotopic (exact) mass is 357 g/mol. The minimum Gasteiger partial charge on any atom is -0.311 e. The second-order valence-electron chi connectivity index (χ2n) is 6.48. The largest absolute Gasteiger partial charge is 0.311 e. The van der Waals surface area contributed by atoms with Crippen LogP contribution < -0.4 is 11.1 Å². The van der Waals surface area contributed by atoms with Gasteiger partial charge in [-0.3, -0.25) is 14.4 Å². The van der Waals surface area contributed by atoms with Gasteiger partial charge in [-0.2, -0.15) is 0 Å². The molecule has 0 saturated heterocycles. The van der Waals surface area contributed by atoms with Crippen molar-refractivity contribution in [1.82, 2.24) is 9.13 Å². The molecule has 0 bridgehead atoms. The van der Waals surface area contributed by atoms with E-state index in [-0.39, 0.29) is 16.9 Å². The summed E-state index contributed by atoms with van der Waals surface area (Å²) < 4.78 is 3.17. The van der Waals surface area contributed by atoms with Crippen LogP contribution in [-0.2, 0) is 13.1 Å². The van der Waals surface area contributed by atoms with Crippen LogP contribution in [0, 0.1) is 6.42 Å². The van der Waals surface area contributed by atoms with Crippen molar-refractivity contribution in [2.24, 2.45) is 0 Å².